The van der Waals surface area contributed by atoms with Gasteiger partial charge in [0.1, 0.15) is 0 Å². The maximum Gasteiger partial charge on any atom is 0.331 e. The van der Waals surface area contributed by atoms with Crippen molar-refractivity contribution in [3.05, 3.63) is 35.5 Å². The normalized spacial score (nSPS) is 11.5. The Kier molecular flexibility index (Phi) is 15.4. The molecule has 0 radical (unpaired) electrons. The second kappa shape index (κ2) is 17.3. The number of aliphatic imine (C=N–C) groups is 2. The Morgan fingerprint density at radius 2 is 1.18 bits per heavy atom. The van der Waals surface area contributed by atoms with E-state index in [2.05, 4.69) is 9.98 Å². The molecule has 0 aromatic carbocycles. The summed E-state index contributed by atoms with van der Waals surface area (Å²) in [6.45, 7) is 4.73. The summed E-state index contributed by atoms with van der Waals surface area (Å²) in [5, 5.41) is 0. The molecule has 8 heteroatoms. The lowest BCUT2D eigenvalue weighted by molar-refractivity contribution is -0.140. The molecule has 28 heavy (non-hydrogen) atoms. The van der Waals surface area contributed by atoms with Crippen molar-refractivity contribution in [2.45, 2.75) is 39.5 Å². The molecular weight excluding hydrogens is 364 g/mol. The minimum absolute atomic E-state index is 0.163. The molecule has 0 saturated heterocycles. The van der Waals surface area contributed by atoms with E-state index in [0.29, 0.717) is 12.8 Å². The van der Waals surface area contributed by atoms with Crippen molar-refractivity contribution in [2.24, 2.45) is 9.98 Å². The molecule has 0 saturated carbocycles. The number of hydrogen-bond donors (Lipinski definition) is 0. The van der Waals surface area contributed by atoms with Crippen LogP contribution in [0.2, 0.25) is 0 Å². The van der Waals surface area contributed by atoms with Crippen molar-refractivity contribution >= 4 is 24.1 Å². The van der Waals surface area contributed by atoms with Crippen molar-refractivity contribution in [3.8, 4) is 0 Å². The summed E-state index contributed by atoms with van der Waals surface area (Å²) in [4.78, 5) is 50.1. The van der Waals surface area contributed by atoms with E-state index in [1.807, 2.05) is 13.8 Å². The second-order valence-corrected chi connectivity index (χ2v) is 5.46. The molecule has 0 aromatic heterocycles. The zero-order chi connectivity index (χ0) is 21.0. The number of hydrogen-bond acceptors (Lipinski definition) is 8. The third-order valence-electron chi connectivity index (χ3n) is 3.67. The minimum Gasteiger partial charge on any atom is -0.462 e. The molecular formula is C20H26N2O6. The van der Waals surface area contributed by atoms with E-state index in [4.69, 9.17) is 9.47 Å². The van der Waals surface area contributed by atoms with Gasteiger partial charge in [-0.3, -0.25) is 0 Å². The van der Waals surface area contributed by atoms with E-state index in [-0.39, 0.29) is 26.3 Å². The Bertz CT molecular complexity index is 623. The van der Waals surface area contributed by atoms with Crippen LogP contribution in [0.3, 0.4) is 0 Å². The zero-order valence-electron chi connectivity index (χ0n) is 16.3. The fourth-order valence-corrected chi connectivity index (χ4v) is 2.07. The summed E-state index contributed by atoms with van der Waals surface area (Å²) < 4.78 is 10.0. The maximum absolute atomic E-state index is 11.6. The Morgan fingerprint density at radius 3 is 1.50 bits per heavy atom. The highest BCUT2D eigenvalue weighted by molar-refractivity contribution is 5.91. The summed E-state index contributed by atoms with van der Waals surface area (Å²) in [6.07, 6.45) is 11.1. The number of carbonyl (C=O) groups excluding carboxylic acids is 4. The van der Waals surface area contributed by atoms with E-state index >= 15 is 0 Å². The van der Waals surface area contributed by atoms with Crippen LogP contribution in [0, 0.1) is 0 Å². The highest BCUT2D eigenvalue weighted by atomic mass is 16.5. The molecule has 0 aromatic rings. The largest absolute Gasteiger partial charge is 0.462 e. The third kappa shape index (κ3) is 14.1. The SMILES string of the molecule is CCC(=CCN=C=O)CCOC(=O)C=CC(=O)OCCC(=CCN=C=O)CC. The summed E-state index contributed by atoms with van der Waals surface area (Å²) in [6, 6.07) is 0. The van der Waals surface area contributed by atoms with Crippen LogP contribution in [0.1, 0.15) is 39.5 Å². The summed E-state index contributed by atoms with van der Waals surface area (Å²) in [7, 11) is 0. The lowest BCUT2D eigenvalue weighted by Crippen LogP contribution is -2.07. The molecule has 0 spiro atoms. The van der Waals surface area contributed by atoms with Gasteiger partial charge >= 0.3 is 11.9 Å². The van der Waals surface area contributed by atoms with E-state index in [9.17, 15) is 19.2 Å². The smallest absolute Gasteiger partial charge is 0.331 e. The van der Waals surface area contributed by atoms with Crippen molar-refractivity contribution in [3.63, 3.8) is 0 Å². The van der Waals surface area contributed by atoms with Crippen molar-refractivity contribution in [1.82, 2.24) is 0 Å². The third-order valence-corrected chi connectivity index (χ3v) is 3.67. The van der Waals surface area contributed by atoms with Crippen LogP contribution in [-0.4, -0.2) is 50.4 Å². The van der Waals surface area contributed by atoms with Gasteiger partial charge in [0.05, 0.1) is 26.3 Å². The summed E-state index contributed by atoms with van der Waals surface area (Å²) in [5.41, 5.74) is 2.02. The van der Waals surface area contributed by atoms with Crippen molar-refractivity contribution in [1.29, 1.82) is 0 Å². The van der Waals surface area contributed by atoms with Gasteiger partial charge in [-0.1, -0.05) is 37.1 Å². The van der Waals surface area contributed by atoms with Gasteiger partial charge in [0.2, 0.25) is 12.2 Å². The van der Waals surface area contributed by atoms with Crippen LogP contribution in [0.25, 0.3) is 0 Å². The Labute approximate surface area is 164 Å². The van der Waals surface area contributed by atoms with Crippen LogP contribution in [0.5, 0.6) is 0 Å². The van der Waals surface area contributed by atoms with Gasteiger partial charge in [-0.15, -0.1) is 0 Å². The van der Waals surface area contributed by atoms with Gasteiger partial charge in [-0.05, 0) is 12.8 Å². The molecule has 0 aliphatic carbocycles. The topological polar surface area (TPSA) is 111 Å². The number of esters is 2. The van der Waals surface area contributed by atoms with Gasteiger partial charge in [0.15, 0.2) is 0 Å². The number of nitrogens with zero attached hydrogens (tertiary/aromatic N) is 2. The molecule has 0 amide bonds. The molecule has 0 fully saturated rings. The first-order valence-corrected chi connectivity index (χ1v) is 9.01. The first kappa shape index (κ1) is 24.9. The Hall–Kier alpha value is -3.08. The van der Waals surface area contributed by atoms with Gasteiger partial charge < -0.3 is 9.47 Å². The average Bonchev–Trinajstić information content (AvgIpc) is 2.70. The van der Waals surface area contributed by atoms with E-state index in [1.54, 1.807) is 12.2 Å². The minimum atomic E-state index is -0.640. The number of ether oxygens (including phenoxy) is 2. The lowest BCUT2D eigenvalue weighted by Gasteiger charge is -2.05. The molecule has 152 valence electrons. The fourth-order valence-electron chi connectivity index (χ4n) is 2.07. The van der Waals surface area contributed by atoms with Crippen LogP contribution in [0.15, 0.2) is 45.4 Å². The molecule has 0 aliphatic heterocycles. The quantitative estimate of drug-likeness (QED) is 0.148. The average molecular weight is 390 g/mol. The molecule has 0 rings (SSSR count). The van der Waals surface area contributed by atoms with E-state index < -0.39 is 11.9 Å². The molecule has 0 N–H and O–H groups in total. The van der Waals surface area contributed by atoms with Gasteiger partial charge in [-0.25, -0.2) is 29.2 Å². The molecule has 0 bridgehead atoms. The van der Waals surface area contributed by atoms with Gasteiger partial charge in [0, 0.05) is 25.0 Å². The van der Waals surface area contributed by atoms with Crippen LogP contribution < -0.4 is 0 Å². The highest BCUT2D eigenvalue weighted by Gasteiger charge is 2.03. The van der Waals surface area contributed by atoms with Gasteiger partial charge in [0.25, 0.3) is 0 Å². The van der Waals surface area contributed by atoms with Crippen molar-refractivity contribution in [2.75, 3.05) is 26.3 Å². The standard InChI is InChI=1S/C20H26N2O6/c1-3-17(7-11-21-15-23)9-13-27-19(25)5-6-20(26)28-14-10-18(4-2)8-12-22-16-24/h5-8H,3-4,9-14H2,1-2H3. The Balaban J connectivity index is 4.17. The molecule has 0 aliphatic rings. The maximum atomic E-state index is 11.6. The number of carbonyl (C=O) groups is 2. The predicted molar refractivity (Wildman–Crippen MR) is 103 cm³/mol. The molecule has 8 nitrogen and oxygen atoms in total. The second-order valence-electron chi connectivity index (χ2n) is 5.46. The lowest BCUT2D eigenvalue weighted by atomic mass is 10.1. The van der Waals surface area contributed by atoms with Crippen LogP contribution in [-0.2, 0) is 28.7 Å². The highest BCUT2D eigenvalue weighted by Crippen LogP contribution is 2.07. The Morgan fingerprint density at radius 1 is 0.786 bits per heavy atom. The number of rotatable bonds is 14. The summed E-state index contributed by atoms with van der Waals surface area (Å²) in [5.74, 6) is -1.28. The van der Waals surface area contributed by atoms with E-state index in [0.717, 1.165) is 36.1 Å². The number of isocyanates is 2. The van der Waals surface area contributed by atoms with Crippen LogP contribution in [0.4, 0.5) is 0 Å². The predicted octanol–water partition coefficient (Wildman–Crippen LogP) is 2.75. The molecule has 0 heterocycles. The monoisotopic (exact) mass is 390 g/mol. The van der Waals surface area contributed by atoms with Crippen LogP contribution >= 0.6 is 0 Å². The molecule has 0 unspecified atom stereocenters. The fraction of sp³-hybridized carbons (Fsp3) is 0.500. The zero-order valence-corrected chi connectivity index (χ0v) is 16.3. The molecule has 0 atom stereocenters. The first-order chi connectivity index (χ1) is 13.6. The van der Waals surface area contributed by atoms with Gasteiger partial charge in [-0.2, -0.15) is 0 Å². The summed E-state index contributed by atoms with van der Waals surface area (Å²) >= 11 is 0. The van der Waals surface area contributed by atoms with Crippen molar-refractivity contribution < 1.29 is 28.7 Å². The van der Waals surface area contributed by atoms with E-state index in [1.165, 1.54) is 12.2 Å². The first-order valence-electron chi connectivity index (χ1n) is 9.01.